The van der Waals surface area contributed by atoms with Crippen molar-refractivity contribution >= 4 is 11.6 Å². The summed E-state index contributed by atoms with van der Waals surface area (Å²) >= 11 is 0. The predicted octanol–water partition coefficient (Wildman–Crippen LogP) is 3.33. The molecule has 116 valence electrons. The highest BCUT2D eigenvalue weighted by Gasteiger charge is 2.27. The molecule has 5 heteroatoms. The number of rotatable bonds is 6. The maximum atomic E-state index is 12.2. The zero-order valence-corrected chi connectivity index (χ0v) is 12.9. The Balaban J connectivity index is 2.07. The quantitative estimate of drug-likeness (QED) is 0.857. The number of ether oxygens (including phenoxy) is 1. The van der Waals surface area contributed by atoms with Crippen molar-refractivity contribution in [3.63, 3.8) is 0 Å². The lowest BCUT2D eigenvalue weighted by molar-refractivity contribution is -0.120. The highest BCUT2D eigenvalue weighted by Crippen LogP contribution is 2.24. The van der Waals surface area contributed by atoms with Gasteiger partial charge in [0.05, 0.1) is 5.54 Å². The molecular formula is C17H21N3O2. The topological polar surface area (TPSA) is 77.2 Å². The second kappa shape index (κ2) is 7.04. The molecule has 1 aromatic carbocycles. The molecule has 0 spiro atoms. The van der Waals surface area contributed by atoms with Crippen molar-refractivity contribution in [2.45, 2.75) is 32.2 Å². The van der Waals surface area contributed by atoms with Crippen LogP contribution in [0.15, 0.2) is 48.8 Å². The summed E-state index contributed by atoms with van der Waals surface area (Å²) in [5, 5.41) is 2.84. The molecule has 2 aromatic rings. The number of carbonyl (C=O) groups is 1. The fourth-order valence-electron chi connectivity index (χ4n) is 2.09. The van der Waals surface area contributed by atoms with Crippen LogP contribution in [0.3, 0.4) is 0 Å². The Morgan fingerprint density at radius 3 is 2.68 bits per heavy atom. The minimum Gasteiger partial charge on any atom is -0.457 e. The van der Waals surface area contributed by atoms with Gasteiger partial charge < -0.3 is 15.8 Å². The Kier molecular flexibility index (Phi) is 5.12. The first-order valence-corrected chi connectivity index (χ1v) is 7.29. The van der Waals surface area contributed by atoms with Crippen molar-refractivity contribution in [3.05, 3.63) is 48.8 Å². The first-order chi connectivity index (χ1) is 10.5. The number of benzene rings is 1. The zero-order valence-electron chi connectivity index (χ0n) is 12.9. The van der Waals surface area contributed by atoms with Gasteiger partial charge in [-0.15, -0.1) is 0 Å². The first kappa shape index (κ1) is 16.0. The van der Waals surface area contributed by atoms with E-state index in [4.69, 9.17) is 10.5 Å². The molecule has 5 nitrogen and oxygen atoms in total. The predicted molar refractivity (Wildman–Crippen MR) is 86.9 cm³/mol. The van der Waals surface area contributed by atoms with Gasteiger partial charge in [-0.25, -0.2) is 0 Å². The summed E-state index contributed by atoms with van der Waals surface area (Å²) in [6.07, 6.45) is 4.80. The van der Waals surface area contributed by atoms with Crippen molar-refractivity contribution in [1.82, 2.24) is 4.98 Å². The number of nitrogens with zero attached hydrogens (tertiary/aromatic N) is 1. The largest absolute Gasteiger partial charge is 0.457 e. The van der Waals surface area contributed by atoms with Crippen LogP contribution >= 0.6 is 0 Å². The van der Waals surface area contributed by atoms with Gasteiger partial charge in [0.2, 0.25) is 5.91 Å². The maximum absolute atomic E-state index is 12.2. The Hall–Kier alpha value is -2.40. The standard InChI is InChI=1S/C17H21N3O2/c1-3-9-17(2,18)16(21)20-13-5-4-6-15(12-13)22-14-7-10-19-11-8-14/h4-8,10-12H,3,9,18H2,1-2H3,(H,20,21). The molecule has 1 amide bonds. The summed E-state index contributed by atoms with van der Waals surface area (Å²) < 4.78 is 5.71. The van der Waals surface area contributed by atoms with E-state index in [-0.39, 0.29) is 5.91 Å². The van der Waals surface area contributed by atoms with E-state index in [2.05, 4.69) is 10.3 Å². The minimum atomic E-state index is -0.878. The van der Waals surface area contributed by atoms with Gasteiger partial charge in [0.1, 0.15) is 11.5 Å². The van der Waals surface area contributed by atoms with Crippen molar-refractivity contribution in [1.29, 1.82) is 0 Å². The second-order valence-corrected chi connectivity index (χ2v) is 5.43. The van der Waals surface area contributed by atoms with Crippen LogP contribution in [0.4, 0.5) is 5.69 Å². The molecule has 0 bridgehead atoms. The summed E-state index contributed by atoms with van der Waals surface area (Å²) in [4.78, 5) is 16.1. The van der Waals surface area contributed by atoms with Crippen molar-refractivity contribution < 1.29 is 9.53 Å². The van der Waals surface area contributed by atoms with Crippen LogP contribution in [0.2, 0.25) is 0 Å². The van der Waals surface area contributed by atoms with Gasteiger partial charge >= 0.3 is 0 Å². The monoisotopic (exact) mass is 299 g/mol. The average molecular weight is 299 g/mol. The molecule has 0 saturated carbocycles. The molecule has 1 heterocycles. The molecule has 0 aliphatic heterocycles. The van der Waals surface area contributed by atoms with Gasteiger partial charge in [-0.2, -0.15) is 0 Å². The van der Waals surface area contributed by atoms with E-state index in [1.54, 1.807) is 43.6 Å². The summed E-state index contributed by atoms with van der Waals surface area (Å²) in [7, 11) is 0. The summed E-state index contributed by atoms with van der Waals surface area (Å²) in [6, 6.07) is 10.7. The Morgan fingerprint density at radius 1 is 1.27 bits per heavy atom. The van der Waals surface area contributed by atoms with Gasteiger partial charge in [-0.3, -0.25) is 9.78 Å². The molecular weight excluding hydrogens is 278 g/mol. The number of anilines is 1. The Morgan fingerprint density at radius 2 is 2.00 bits per heavy atom. The highest BCUT2D eigenvalue weighted by molar-refractivity contribution is 5.97. The van der Waals surface area contributed by atoms with Gasteiger partial charge in [-0.05, 0) is 37.6 Å². The van der Waals surface area contributed by atoms with E-state index >= 15 is 0 Å². The molecule has 0 fully saturated rings. The third kappa shape index (κ3) is 4.30. The Bertz CT molecular complexity index is 627. The maximum Gasteiger partial charge on any atom is 0.244 e. The molecule has 0 saturated heterocycles. The number of nitrogens with one attached hydrogen (secondary N) is 1. The van der Waals surface area contributed by atoms with Crippen LogP contribution in [0.25, 0.3) is 0 Å². The normalized spacial score (nSPS) is 13.2. The molecule has 0 aliphatic carbocycles. The summed E-state index contributed by atoms with van der Waals surface area (Å²) in [5.74, 6) is 1.13. The lowest BCUT2D eigenvalue weighted by atomic mass is 9.96. The number of hydrogen-bond donors (Lipinski definition) is 2. The fraction of sp³-hybridized carbons (Fsp3) is 0.294. The molecule has 2 rings (SSSR count). The third-order valence-corrected chi connectivity index (χ3v) is 3.27. The SMILES string of the molecule is CCCC(C)(N)C(=O)Nc1cccc(Oc2ccncc2)c1. The van der Waals surface area contributed by atoms with Crippen LogP contribution < -0.4 is 15.8 Å². The molecule has 0 aliphatic rings. The number of nitrogens with two attached hydrogens (primary N) is 1. The van der Waals surface area contributed by atoms with E-state index in [0.29, 0.717) is 23.6 Å². The van der Waals surface area contributed by atoms with Gasteiger partial charge in [0, 0.05) is 24.1 Å². The van der Waals surface area contributed by atoms with Crippen LogP contribution in [0, 0.1) is 0 Å². The molecule has 0 radical (unpaired) electrons. The molecule has 1 aromatic heterocycles. The van der Waals surface area contributed by atoms with E-state index in [1.807, 2.05) is 19.1 Å². The van der Waals surface area contributed by atoms with E-state index in [1.165, 1.54) is 0 Å². The van der Waals surface area contributed by atoms with Crippen molar-refractivity contribution in [2.24, 2.45) is 5.73 Å². The number of carbonyl (C=O) groups excluding carboxylic acids is 1. The minimum absolute atomic E-state index is 0.199. The van der Waals surface area contributed by atoms with E-state index in [9.17, 15) is 4.79 Å². The van der Waals surface area contributed by atoms with Gasteiger partial charge in [-0.1, -0.05) is 19.4 Å². The average Bonchev–Trinajstić information content (AvgIpc) is 2.48. The molecule has 1 atom stereocenters. The van der Waals surface area contributed by atoms with Crippen LogP contribution in [-0.4, -0.2) is 16.4 Å². The summed E-state index contributed by atoms with van der Waals surface area (Å²) in [6.45, 7) is 3.74. The highest BCUT2D eigenvalue weighted by atomic mass is 16.5. The van der Waals surface area contributed by atoms with Crippen LogP contribution in [0.5, 0.6) is 11.5 Å². The number of hydrogen-bond acceptors (Lipinski definition) is 4. The molecule has 1 unspecified atom stereocenters. The molecule has 3 N–H and O–H groups in total. The lowest BCUT2D eigenvalue weighted by Gasteiger charge is -2.23. The van der Waals surface area contributed by atoms with Crippen LogP contribution in [-0.2, 0) is 4.79 Å². The van der Waals surface area contributed by atoms with Crippen molar-refractivity contribution in [2.75, 3.05) is 5.32 Å². The number of amides is 1. The first-order valence-electron chi connectivity index (χ1n) is 7.29. The van der Waals surface area contributed by atoms with E-state index < -0.39 is 5.54 Å². The zero-order chi connectivity index (χ0) is 16.0. The lowest BCUT2D eigenvalue weighted by Crippen LogP contribution is -2.48. The van der Waals surface area contributed by atoms with E-state index in [0.717, 1.165) is 6.42 Å². The number of aromatic nitrogens is 1. The smallest absolute Gasteiger partial charge is 0.244 e. The number of pyridine rings is 1. The fourth-order valence-corrected chi connectivity index (χ4v) is 2.09. The van der Waals surface area contributed by atoms with Gasteiger partial charge in [0.25, 0.3) is 0 Å². The third-order valence-electron chi connectivity index (χ3n) is 3.27. The Labute approximate surface area is 130 Å². The molecule has 22 heavy (non-hydrogen) atoms. The van der Waals surface area contributed by atoms with Crippen LogP contribution in [0.1, 0.15) is 26.7 Å². The second-order valence-electron chi connectivity index (χ2n) is 5.43. The van der Waals surface area contributed by atoms with Crippen molar-refractivity contribution in [3.8, 4) is 11.5 Å². The summed E-state index contributed by atoms with van der Waals surface area (Å²) in [5.41, 5.74) is 5.81. The van der Waals surface area contributed by atoms with Gasteiger partial charge in [0.15, 0.2) is 0 Å².